The van der Waals surface area contributed by atoms with Crippen LogP contribution in [0.2, 0.25) is 0 Å². The number of benzene rings is 2. The molecule has 148 valence electrons. The minimum atomic E-state index is -0.0316. The second-order valence-electron chi connectivity index (χ2n) is 9.89. The molecule has 1 spiro atoms. The van der Waals surface area contributed by atoms with E-state index in [0.29, 0.717) is 12.2 Å². The maximum Gasteiger partial charge on any atom is 0.0917 e. The maximum absolute atomic E-state index is 3.98. The SMILES string of the molecule is Cc1ccc2c(c1)C13CCNC1C1(C)c4[nH]c5ccc(C)cc5c4CCN1C3N2. The zero-order chi connectivity index (χ0) is 19.5. The molecule has 4 atom stereocenters. The van der Waals surface area contributed by atoms with Crippen molar-refractivity contribution in [1.82, 2.24) is 15.2 Å². The van der Waals surface area contributed by atoms with Gasteiger partial charge in [0.15, 0.2) is 0 Å². The number of H-pyrrole nitrogens is 1. The van der Waals surface area contributed by atoms with E-state index in [9.17, 15) is 0 Å². The number of aryl methyl sites for hydroxylation is 2. The molecule has 2 aromatic carbocycles. The molecule has 4 heteroatoms. The lowest BCUT2D eigenvalue weighted by Crippen LogP contribution is -2.55. The lowest BCUT2D eigenvalue weighted by atomic mass is 9.70. The Kier molecular flexibility index (Phi) is 2.87. The summed E-state index contributed by atoms with van der Waals surface area (Å²) in [5.74, 6) is 0. The maximum atomic E-state index is 3.98. The Hall–Kier alpha value is -2.30. The van der Waals surface area contributed by atoms with Crippen LogP contribution in [0, 0.1) is 13.8 Å². The van der Waals surface area contributed by atoms with Crippen LogP contribution in [0.15, 0.2) is 36.4 Å². The third-order valence-electron chi connectivity index (χ3n) is 8.50. The highest BCUT2D eigenvalue weighted by Crippen LogP contribution is 2.62. The Balaban J connectivity index is 1.49. The third kappa shape index (κ3) is 1.72. The first-order valence-corrected chi connectivity index (χ1v) is 11.0. The zero-order valence-corrected chi connectivity index (χ0v) is 17.4. The number of hydrogen-bond donors (Lipinski definition) is 3. The van der Waals surface area contributed by atoms with Crippen LogP contribution in [0.5, 0.6) is 0 Å². The number of fused-ring (bicyclic) bond motifs is 8. The normalized spacial score (nSPS) is 34.4. The van der Waals surface area contributed by atoms with Crippen LogP contribution in [0.1, 0.15) is 41.3 Å². The van der Waals surface area contributed by atoms with Crippen molar-refractivity contribution in [2.24, 2.45) is 0 Å². The minimum absolute atomic E-state index is 0.0316. The van der Waals surface area contributed by atoms with Crippen molar-refractivity contribution in [3.8, 4) is 0 Å². The Morgan fingerprint density at radius 2 is 1.90 bits per heavy atom. The Bertz CT molecular complexity index is 1190. The lowest BCUT2D eigenvalue weighted by Gasteiger charge is -2.44. The number of anilines is 1. The minimum Gasteiger partial charge on any atom is -0.368 e. The first-order chi connectivity index (χ1) is 14.0. The summed E-state index contributed by atoms with van der Waals surface area (Å²) in [6.45, 7) is 9.10. The summed E-state index contributed by atoms with van der Waals surface area (Å²) in [5.41, 5.74) is 9.96. The van der Waals surface area contributed by atoms with E-state index in [-0.39, 0.29) is 11.0 Å². The van der Waals surface area contributed by atoms with Gasteiger partial charge >= 0.3 is 0 Å². The molecule has 0 amide bonds. The van der Waals surface area contributed by atoms with Gasteiger partial charge in [-0.1, -0.05) is 29.3 Å². The summed E-state index contributed by atoms with van der Waals surface area (Å²) >= 11 is 0. The van der Waals surface area contributed by atoms with Gasteiger partial charge in [-0.25, -0.2) is 0 Å². The van der Waals surface area contributed by atoms with Crippen molar-refractivity contribution in [3.63, 3.8) is 0 Å². The molecule has 3 N–H and O–H groups in total. The molecule has 1 aromatic heterocycles. The topological polar surface area (TPSA) is 43.1 Å². The Labute approximate surface area is 171 Å². The average Bonchev–Trinajstić information content (AvgIpc) is 3.41. The predicted octanol–water partition coefficient (Wildman–Crippen LogP) is 3.92. The van der Waals surface area contributed by atoms with Gasteiger partial charge in [-0.3, -0.25) is 4.90 Å². The molecule has 2 saturated heterocycles. The number of aromatic nitrogens is 1. The van der Waals surface area contributed by atoms with Crippen LogP contribution in [-0.4, -0.2) is 35.2 Å². The molecule has 4 nitrogen and oxygen atoms in total. The van der Waals surface area contributed by atoms with Gasteiger partial charge in [0.2, 0.25) is 0 Å². The van der Waals surface area contributed by atoms with Gasteiger partial charge in [0.25, 0.3) is 0 Å². The molecule has 5 heterocycles. The summed E-state index contributed by atoms with van der Waals surface area (Å²) in [5, 5.41) is 9.36. The fraction of sp³-hybridized carbons (Fsp3) is 0.440. The quantitative estimate of drug-likeness (QED) is 0.550. The Morgan fingerprint density at radius 3 is 2.79 bits per heavy atom. The van der Waals surface area contributed by atoms with Gasteiger partial charge in [-0.2, -0.15) is 0 Å². The Morgan fingerprint density at radius 1 is 1.07 bits per heavy atom. The fourth-order valence-corrected chi connectivity index (χ4v) is 7.35. The molecule has 4 aliphatic heterocycles. The van der Waals surface area contributed by atoms with Crippen LogP contribution < -0.4 is 10.6 Å². The van der Waals surface area contributed by atoms with E-state index in [1.165, 1.54) is 51.0 Å². The summed E-state index contributed by atoms with van der Waals surface area (Å²) in [6.07, 6.45) is 2.68. The molecule has 0 aliphatic carbocycles. The van der Waals surface area contributed by atoms with E-state index >= 15 is 0 Å². The van der Waals surface area contributed by atoms with Crippen LogP contribution in [0.4, 0.5) is 5.69 Å². The third-order valence-corrected chi connectivity index (χ3v) is 8.50. The largest absolute Gasteiger partial charge is 0.368 e. The van der Waals surface area contributed by atoms with Gasteiger partial charge in [0.1, 0.15) is 0 Å². The molecule has 3 aromatic rings. The van der Waals surface area contributed by atoms with E-state index in [0.717, 1.165) is 19.5 Å². The number of nitrogens with one attached hydrogen (secondary N) is 3. The predicted molar refractivity (Wildman–Crippen MR) is 117 cm³/mol. The molecule has 29 heavy (non-hydrogen) atoms. The van der Waals surface area contributed by atoms with Crippen molar-refractivity contribution < 1.29 is 0 Å². The monoisotopic (exact) mass is 384 g/mol. The van der Waals surface area contributed by atoms with Gasteiger partial charge in [0.05, 0.1) is 11.7 Å². The first kappa shape index (κ1) is 16.5. The van der Waals surface area contributed by atoms with Crippen LogP contribution >= 0.6 is 0 Å². The molecule has 2 fully saturated rings. The summed E-state index contributed by atoms with van der Waals surface area (Å²) in [4.78, 5) is 6.65. The average molecular weight is 385 g/mol. The van der Waals surface area contributed by atoms with Crippen molar-refractivity contribution >= 4 is 16.6 Å². The number of nitrogens with zero attached hydrogens (tertiary/aromatic N) is 1. The van der Waals surface area contributed by atoms with E-state index in [1.807, 2.05) is 0 Å². The van der Waals surface area contributed by atoms with Gasteiger partial charge in [0, 0.05) is 40.3 Å². The standard InChI is InChI=1S/C25H28N4/c1-14-4-6-19-17(12-14)16-8-11-29-23-25(18-13-15(2)5-7-20(18)28-23)9-10-26-22(25)24(29,3)21(16)27-19/h4-7,12-13,22-23,26-28H,8-11H2,1-3H3. The fourth-order valence-electron chi connectivity index (χ4n) is 7.35. The first-order valence-electron chi connectivity index (χ1n) is 11.0. The molecule has 0 bridgehead atoms. The van der Waals surface area contributed by atoms with E-state index < -0.39 is 0 Å². The van der Waals surface area contributed by atoms with Crippen LogP contribution in [0.3, 0.4) is 0 Å². The molecule has 4 unspecified atom stereocenters. The lowest BCUT2D eigenvalue weighted by molar-refractivity contribution is 0.0894. The summed E-state index contributed by atoms with van der Waals surface area (Å²) in [6, 6.07) is 14.3. The smallest absolute Gasteiger partial charge is 0.0917 e. The number of aromatic amines is 1. The second-order valence-corrected chi connectivity index (χ2v) is 9.89. The summed E-state index contributed by atoms with van der Waals surface area (Å²) in [7, 11) is 0. The van der Waals surface area contributed by atoms with Gasteiger partial charge in [-0.05, 0) is 69.5 Å². The molecule has 0 radical (unpaired) electrons. The van der Waals surface area contributed by atoms with Crippen molar-refractivity contribution in [2.75, 3.05) is 18.4 Å². The molecule has 0 saturated carbocycles. The molecular weight excluding hydrogens is 356 g/mol. The van der Waals surface area contributed by atoms with Gasteiger partial charge in [-0.15, -0.1) is 0 Å². The number of hydrogen-bond acceptors (Lipinski definition) is 3. The summed E-state index contributed by atoms with van der Waals surface area (Å²) < 4.78 is 0. The van der Waals surface area contributed by atoms with Crippen molar-refractivity contribution in [1.29, 1.82) is 0 Å². The van der Waals surface area contributed by atoms with Gasteiger partial charge < -0.3 is 15.6 Å². The van der Waals surface area contributed by atoms with Crippen molar-refractivity contribution in [2.45, 2.75) is 56.8 Å². The van der Waals surface area contributed by atoms with E-state index in [4.69, 9.17) is 0 Å². The highest BCUT2D eigenvalue weighted by molar-refractivity contribution is 5.86. The zero-order valence-electron chi connectivity index (χ0n) is 17.4. The van der Waals surface area contributed by atoms with Crippen LogP contribution in [-0.2, 0) is 17.4 Å². The van der Waals surface area contributed by atoms with Crippen molar-refractivity contribution in [3.05, 3.63) is 64.3 Å². The highest BCUT2D eigenvalue weighted by Gasteiger charge is 2.71. The molecular formula is C25H28N4. The van der Waals surface area contributed by atoms with Crippen LogP contribution in [0.25, 0.3) is 10.9 Å². The second kappa shape index (κ2) is 5.05. The highest BCUT2D eigenvalue weighted by atomic mass is 15.4. The molecule has 7 rings (SSSR count). The van der Waals surface area contributed by atoms with E-state index in [1.54, 1.807) is 0 Å². The molecule has 4 aliphatic rings. The van der Waals surface area contributed by atoms with E-state index in [2.05, 4.69) is 77.7 Å². The number of rotatable bonds is 0.